The smallest absolute Gasteiger partial charge is 0.259 e. The van der Waals surface area contributed by atoms with E-state index < -0.39 is 0 Å². The molecule has 0 fully saturated rings. The lowest BCUT2D eigenvalue weighted by Gasteiger charge is -2.12. The van der Waals surface area contributed by atoms with Crippen LogP contribution >= 0.6 is 0 Å². The number of aryl methyl sites for hydroxylation is 3. The summed E-state index contributed by atoms with van der Waals surface area (Å²) in [5.41, 5.74) is 2.25. The number of hydrogen-bond acceptors (Lipinski definition) is 3. The van der Waals surface area contributed by atoms with E-state index in [0.29, 0.717) is 28.5 Å². The van der Waals surface area contributed by atoms with Gasteiger partial charge in [0, 0.05) is 0 Å². The van der Waals surface area contributed by atoms with Crippen LogP contribution in [-0.2, 0) is 0 Å². The van der Waals surface area contributed by atoms with Crippen LogP contribution in [0.1, 0.15) is 27.4 Å². The second-order valence-corrected chi connectivity index (χ2v) is 5.70. The molecule has 0 saturated heterocycles. The summed E-state index contributed by atoms with van der Waals surface area (Å²) in [6.45, 7) is 5.60. The zero-order valence-electron chi connectivity index (χ0n) is 13.9. The maximum absolute atomic E-state index is 12.5. The van der Waals surface area contributed by atoms with Crippen LogP contribution < -0.4 is 10.1 Å². The van der Waals surface area contributed by atoms with Crippen LogP contribution in [0, 0.1) is 20.8 Å². The molecule has 0 aliphatic heterocycles. The molecule has 1 heterocycles. The summed E-state index contributed by atoms with van der Waals surface area (Å²) in [5.74, 6) is 2.41. The quantitative estimate of drug-likeness (QED) is 0.714. The number of carbonyl (C=O) groups is 1. The Morgan fingerprint density at radius 3 is 2.50 bits per heavy atom. The molecular formula is C20H19NO3. The van der Waals surface area contributed by atoms with Crippen molar-refractivity contribution in [2.75, 3.05) is 5.32 Å². The van der Waals surface area contributed by atoms with Crippen molar-refractivity contribution in [3.8, 4) is 11.5 Å². The van der Waals surface area contributed by atoms with Gasteiger partial charge in [0.05, 0.1) is 11.3 Å². The summed E-state index contributed by atoms with van der Waals surface area (Å²) in [5, 5.41) is 2.89. The minimum Gasteiger partial charge on any atom is -0.466 e. The Morgan fingerprint density at radius 2 is 1.79 bits per heavy atom. The summed E-state index contributed by atoms with van der Waals surface area (Å²) < 4.78 is 11.3. The van der Waals surface area contributed by atoms with Gasteiger partial charge >= 0.3 is 0 Å². The first-order chi connectivity index (χ1) is 11.5. The van der Waals surface area contributed by atoms with Crippen molar-refractivity contribution >= 4 is 11.6 Å². The van der Waals surface area contributed by atoms with Crippen molar-refractivity contribution < 1.29 is 13.9 Å². The van der Waals surface area contributed by atoms with Gasteiger partial charge in [-0.3, -0.25) is 4.79 Å². The van der Waals surface area contributed by atoms with Gasteiger partial charge < -0.3 is 14.5 Å². The van der Waals surface area contributed by atoms with Crippen molar-refractivity contribution in [2.24, 2.45) is 0 Å². The Hall–Kier alpha value is -3.01. The third-order valence-electron chi connectivity index (χ3n) is 3.64. The molecule has 3 aromatic rings. The molecule has 0 radical (unpaired) electrons. The topological polar surface area (TPSA) is 51.5 Å². The third-order valence-corrected chi connectivity index (χ3v) is 3.64. The Kier molecular flexibility index (Phi) is 4.38. The first-order valence-corrected chi connectivity index (χ1v) is 7.75. The van der Waals surface area contributed by atoms with E-state index in [9.17, 15) is 4.79 Å². The lowest BCUT2D eigenvalue weighted by Crippen LogP contribution is -2.12. The lowest BCUT2D eigenvalue weighted by molar-refractivity contribution is 0.102. The van der Waals surface area contributed by atoms with E-state index in [0.717, 1.165) is 11.3 Å². The highest BCUT2D eigenvalue weighted by atomic mass is 16.5. The minimum atomic E-state index is -0.218. The predicted molar refractivity (Wildman–Crippen MR) is 93.8 cm³/mol. The Bertz CT molecular complexity index is 880. The fraction of sp³-hybridized carbons (Fsp3) is 0.150. The van der Waals surface area contributed by atoms with Crippen LogP contribution in [0.2, 0.25) is 0 Å². The van der Waals surface area contributed by atoms with Gasteiger partial charge in [-0.25, -0.2) is 0 Å². The highest BCUT2D eigenvalue weighted by molar-refractivity contribution is 6.05. The SMILES string of the molecule is Cc1cccc(Oc2ccccc2NC(=O)c2cc(C)oc2C)c1. The average Bonchev–Trinajstić information content (AvgIpc) is 2.88. The van der Waals surface area contributed by atoms with E-state index >= 15 is 0 Å². The molecule has 0 unspecified atom stereocenters. The molecule has 4 nitrogen and oxygen atoms in total. The number of anilines is 1. The molecule has 0 spiro atoms. The molecule has 122 valence electrons. The van der Waals surface area contributed by atoms with Crippen LogP contribution in [0.15, 0.2) is 59.0 Å². The molecule has 2 aromatic carbocycles. The van der Waals surface area contributed by atoms with Gasteiger partial charge in [-0.2, -0.15) is 0 Å². The summed E-state index contributed by atoms with van der Waals surface area (Å²) in [7, 11) is 0. The Morgan fingerprint density at radius 1 is 1.00 bits per heavy atom. The normalized spacial score (nSPS) is 10.5. The van der Waals surface area contributed by atoms with E-state index in [1.807, 2.05) is 62.4 Å². The summed E-state index contributed by atoms with van der Waals surface area (Å²) in [6, 6.07) is 16.9. The number of amides is 1. The van der Waals surface area contributed by atoms with Crippen LogP contribution in [-0.4, -0.2) is 5.91 Å². The predicted octanol–water partition coefficient (Wildman–Crippen LogP) is 5.25. The molecule has 4 heteroatoms. The molecule has 0 bridgehead atoms. The van der Waals surface area contributed by atoms with Crippen LogP contribution in [0.4, 0.5) is 5.69 Å². The van der Waals surface area contributed by atoms with E-state index in [-0.39, 0.29) is 5.91 Å². The summed E-state index contributed by atoms with van der Waals surface area (Å²) in [4.78, 5) is 12.5. The van der Waals surface area contributed by atoms with E-state index in [4.69, 9.17) is 9.15 Å². The van der Waals surface area contributed by atoms with E-state index in [1.54, 1.807) is 13.0 Å². The number of ether oxygens (including phenoxy) is 1. The van der Waals surface area contributed by atoms with Gasteiger partial charge in [0.25, 0.3) is 5.91 Å². The highest BCUT2D eigenvalue weighted by Crippen LogP contribution is 2.30. The summed E-state index contributed by atoms with van der Waals surface area (Å²) >= 11 is 0. The maximum Gasteiger partial charge on any atom is 0.259 e. The average molecular weight is 321 g/mol. The number of furan rings is 1. The van der Waals surface area contributed by atoms with Gasteiger partial charge in [-0.05, 0) is 56.7 Å². The molecule has 0 aliphatic carbocycles. The van der Waals surface area contributed by atoms with Gasteiger partial charge in [-0.15, -0.1) is 0 Å². The molecular weight excluding hydrogens is 302 g/mol. The molecule has 0 saturated carbocycles. The first kappa shape index (κ1) is 15.9. The molecule has 0 atom stereocenters. The van der Waals surface area contributed by atoms with Gasteiger partial charge in [-0.1, -0.05) is 24.3 Å². The highest BCUT2D eigenvalue weighted by Gasteiger charge is 2.15. The van der Waals surface area contributed by atoms with Crippen LogP contribution in [0.25, 0.3) is 0 Å². The Labute approximate surface area is 141 Å². The molecule has 0 aliphatic rings. The fourth-order valence-corrected chi connectivity index (χ4v) is 2.51. The fourth-order valence-electron chi connectivity index (χ4n) is 2.51. The third kappa shape index (κ3) is 3.49. The van der Waals surface area contributed by atoms with Gasteiger partial charge in [0.15, 0.2) is 5.75 Å². The van der Waals surface area contributed by atoms with Crippen molar-refractivity contribution in [1.29, 1.82) is 0 Å². The molecule has 24 heavy (non-hydrogen) atoms. The molecule has 1 amide bonds. The van der Waals surface area contributed by atoms with E-state index in [2.05, 4.69) is 5.32 Å². The zero-order valence-corrected chi connectivity index (χ0v) is 13.9. The molecule has 3 rings (SSSR count). The standard InChI is InChI=1S/C20H19NO3/c1-13-7-6-8-16(11-13)24-19-10-5-4-9-18(19)21-20(22)17-12-14(2)23-15(17)3/h4-12H,1-3H3,(H,21,22). The monoisotopic (exact) mass is 321 g/mol. The number of benzene rings is 2. The van der Waals surface area contributed by atoms with Crippen molar-refractivity contribution in [2.45, 2.75) is 20.8 Å². The van der Waals surface area contributed by atoms with Gasteiger partial charge in [0.1, 0.15) is 17.3 Å². The summed E-state index contributed by atoms with van der Waals surface area (Å²) in [6.07, 6.45) is 0. The Balaban J connectivity index is 1.84. The van der Waals surface area contributed by atoms with E-state index in [1.165, 1.54) is 0 Å². The second kappa shape index (κ2) is 6.62. The largest absolute Gasteiger partial charge is 0.466 e. The van der Waals surface area contributed by atoms with Crippen molar-refractivity contribution in [3.05, 3.63) is 77.2 Å². The molecule has 1 aromatic heterocycles. The lowest BCUT2D eigenvalue weighted by atomic mass is 10.2. The maximum atomic E-state index is 12.5. The van der Waals surface area contributed by atoms with Crippen LogP contribution in [0.3, 0.4) is 0 Å². The van der Waals surface area contributed by atoms with Crippen molar-refractivity contribution in [3.63, 3.8) is 0 Å². The van der Waals surface area contributed by atoms with Gasteiger partial charge in [0.2, 0.25) is 0 Å². The number of carbonyl (C=O) groups excluding carboxylic acids is 1. The van der Waals surface area contributed by atoms with Crippen molar-refractivity contribution in [1.82, 2.24) is 0 Å². The number of para-hydroxylation sites is 2. The molecule has 1 N–H and O–H groups in total. The minimum absolute atomic E-state index is 0.218. The zero-order chi connectivity index (χ0) is 17.1. The van der Waals surface area contributed by atoms with Crippen LogP contribution in [0.5, 0.6) is 11.5 Å². The number of hydrogen-bond donors (Lipinski definition) is 1. The second-order valence-electron chi connectivity index (χ2n) is 5.70. The first-order valence-electron chi connectivity index (χ1n) is 7.75. The number of nitrogens with one attached hydrogen (secondary N) is 1. The number of rotatable bonds is 4.